The molecule has 6 nitrogen and oxygen atoms in total. The summed E-state index contributed by atoms with van der Waals surface area (Å²) in [5.74, 6) is 0.286. The summed E-state index contributed by atoms with van der Waals surface area (Å²) < 4.78 is 0. The summed E-state index contributed by atoms with van der Waals surface area (Å²) in [6.07, 6.45) is 3.75. The largest absolute Gasteiger partial charge is 0.352 e. The first kappa shape index (κ1) is 21.1. The number of amides is 3. The average molecular weight is 420 g/mol. The van der Waals surface area contributed by atoms with Crippen molar-refractivity contribution in [3.05, 3.63) is 53.6 Å². The van der Waals surface area contributed by atoms with E-state index in [1.54, 1.807) is 0 Å². The fourth-order valence-electron chi connectivity index (χ4n) is 4.36. The zero-order chi connectivity index (χ0) is 21.8. The van der Waals surface area contributed by atoms with Crippen LogP contribution in [0, 0.1) is 0 Å². The third kappa shape index (κ3) is 4.63. The zero-order valence-corrected chi connectivity index (χ0v) is 18.0. The number of likely N-dealkylation sites (tertiary alicyclic amines) is 1. The third-order valence-electron chi connectivity index (χ3n) is 6.12. The van der Waals surface area contributed by atoms with Gasteiger partial charge in [0.15, 0.2) is 0 Å². The lowest BCUT2D eigenvalue weighted by Gasteiger charge is -2.16. The van der Waals surface area contributed by atoms with E-state index in [2.05, 4.69) is 11.4 Å². The second-order valence-corrected chi connectivity index (χ2v) is 8.16. The molecule has 2 aromatic rings. The van der Waals surface area contributed by atoms with E-state index in [0.29, 0.717) is 31.5 Å². The predicted molar refractivity (Wildman–Crippen MR) is 121 cm³/mol. The van der Waals surface area contributed by atoms with Crippen LogP contribution in [-0.2, 0) is 16.0 Å². The summed E-state index contributed by atoms with van der Waals surface area (Å²) in [7, 11) is 0. The molecule has 2 heterocycles. The van der Waals surface area contributed by atoms with Gasteiger partial charge in [-0.25, -0.2) is 0 Å². The SMILES string of the molecule is CCC(=O)N1CCc2cc(-c3ccc(C(=O)NCCCN4CCCC4=O)cc3)ccc21. The molecular formula is C25H29N3O3. The topological polar surface area (TPSA) is 69.7 Å². The van der Waals surface area contributed by atoms with Crippen molar-refractivity contribution >= 4 is 23.4 Å². The summed E-state index contributed by atoms with van der Waals surface area (Å²) in [6.45, 7) is 4.74. The van der Waals surface area contributed by atoms with Crippen LogP contribution in [0.5, 0.6) is 0 Å². The molecule has 1 N–H and O–H groups in total. The van der Waals surface area contributed by atoms with Gasteiger partial charge in [-0.2, -0.15) is 0 Å². The molecule has 6 heteroatoms. The Bertz CT molecular complexity index is 984. The third-order valence-corrected chi connectivity index (χ3v) is 6.12. The van der Waals surface area contributed by atoms with Crippen molar-refractivity contribution in [2.75, 3.05) is 31.1 Å². The van der Waals surface area contributed by atoms with E-state index in [1.807, 2.05) is 53.1 Å². The van der Waals surface area contributed by atoms with Gasteiger partial charge in [0, 0.05) is 50.3 Å². The van der Waals surface area contributed by atoms with Crippen LogP contribution < -0.4 is 10.2 Å². The first-order chi connectivity index (χ1) is 15.1. The zero-order valence-electron chi connectivity index (χ0n) is 18.0. The van der Waals surface area contributed by atoms with Gasteiger partial charge in [-0.05, 0) is 60.2 Å². The molecule has 31 heavy (non-hydrogen) atoms. The molecule has 1 saturated heterocycles. The number of fused-ring (bicyclic) bond motifs is 1. The van der Waals surface area contributed by atoms with E-state index in [-0.39, 0.29) is 17.7 Å². The van der Waals surface area contributed by atoms with Crippen LogP contribution in [0.1, 0.15) is 48.5 Å². The van der Waals surface area contributed by atoms with Gasteiger partial charge in [-0.3, -0.25) is 14.4 Å². The van der Waals surface area contributed by atoms with Crippen LogP contribution in [0.4, 0.5) is 5.69 Å². The molecule has 0 spiro atoms. The Morgan fingerprint density at radius 3 is 2.48 bits per heavy atom. The highest BCUT2D eigenvalue weighted by Gasteiger charge is 2.23. The Labute approximate surface area is 183 Å². The van der Waals surface area contributed by atoms with Crippen LogP contribution in [-0.4, -0.2) is 48.8 Å². The van der Waals surface area contributed by atoms with E-state index >= 15 is 0 Å². The van der Waals surface area contributed by atoms with Crippen molar-refractivity contribution in [2.24, 2.45) is 0 Å². The van der Waals surface area contributed by atoms with Gasteiger partial charge in [0.05, 0.1) is 0 Å². The molecule has 162 valence electrons. The first-order valence-electron chi connectivity index (χ1n) is 11.2. The van der Waals surface area contributed by atoms with Gasteiger partial charge in [-0.15, -0.1) is 0 Å². The Hall–Kier alpha value is -3.15. The van der Waals surface area contributed by atoms with Gasteiger partial charge in [0.1, 0.15) is 0 Å². The first-order valence-corrected chi connectivity index (χ1v) is 11.2. The monoisotopic (exact) mass is 419 g/mol. The highest BCUT2D eigenvalue weighted by molar-refractivity contribution is 5.96. The number of anilines is 1. The number of nitrogens with zero attached hydrogens (tertiary/aromatic N) is 2. The van der Waals surface area contributed by atoms with E-state index in [9.17, 15) is 14.4 Å². The molecule has 1 fully saturated rings. The second-order valence-electron chi connectivity index (χ2n) is 8.16. The maximum absolute atomic E-state index is 12.4. The lowest BCUT2D eigenvalue weighted by atomic mass is 10.0. The summed E-state index contributed by atoms with van der Waals surface area (Å²) in [5, 5.41) is 2.94. The van der Waals surface area contributed by atoms with Crippen LogP contribution in [0.3, 0.4) is 0 Å². The summed E-state index contributed by atoms with van der Waals surface area (Å²) >= 11 is 0. The maximum Gasteiger partial charge on any atom is 0.251 e. The number of carbonyl (C=O) groups is 3. The van der Waals surface area contributed by atoms with Crippen molar-refractivity contribution in [3.8, 4) is 11.1 Å². The quantitative estimate of drug-likeness (QED) is 0.700. The van der Waals surface area contributed by atoms with Gasteiger partial charge in [0.25, 0.3) is 5.91 Å². The van der Waals surface area contributed by atoms with Gasteiger partial charge in [-0.1, -0.05) is 25.1 Å². The van der Waals surface area contributed by atoms with Crippen molar-refractivity contribution < 1.29 is 14.4 Å². The molecule has 0 unspecified atom stereocenters. The lowest BCUT2D eigenvalue weighted by molar-refractivity contribution is -0.127. The van der Waals surface area contributed by atoms with Crippen LogP contribution >= 0.6 is 0 Å². The molecule has 0 aliphatic carbocycles. The van der Waals surface area contributed by atoms with Gasteiger partial charge < -0.3 is 15.1 Å². The van der Waals surface area contributed by atoms with E-state index in [4.69, 9.17) is 0 Å². The van der Waals surface area contributed by atoms with Crippen LogP contribution in [0.2, 0.25) is 0 Å². The minimum Gasteiger partial charge on any atom is -0.352 e. The molecule has 0 saturated carbocycles. The molecule has 0 atom stereocenters. The van der Waals surface area contributed by atoms with Crippen LogP contribution in [0.25, 0.3) is 11.1 Å². The number of benzene rings is 2. The van der Waals surface area contributed by atoms with Crippen molar-refractivity contribution in [3.63, 3.8) is 0 Å². The Morgan fingerprint density at radius 2 is 1.77 bits per heavy atom. The standard InChI is InChI=1S/C25H29N3O3/c1-2-23(29)28-16-12-21-17-20(10-11-22(21)28)18-6-8-19(9-7-18)25(31)26-13-4-15-27-14-3-5-24(27)30/h6-11,17H,2-5,12-16H2,1H3,(H,26,31). The fraction of sp³-hybridized carbons (Fsp3) is 0.400. The highest BCUT2D eigenvalue weighted by Crippen LogP contribution is 2.32. The number of nitrogens with one attached hydrogen (secondary N) is 1. The minimum atomic E-state index is -0.0954. The molecule has 0 bridgehead atoms. The van der Waals surface area contributed by atoms with Crippen molar-refractivity contribution in [2.45, 2.75) is 39.0 Å². The molecular weight excluding hydrogens is 390 g/mol. The number of hydrogen-bond acceptors (Lipinski definition) is 3. The predicted octanol–water partition coefficient (Wildman–Crippen LogP) is 3.40. The fourth-order valence-corrected chi connectivity index (χ4v) is 4.36. The molecule has 3 amide bonds. The summed E-state index contributed by atoms with van der Waals surface area (Å²) in [5.41, 5.74) is 4.97. The molecule has 4 rings (SSSR count). The van der Waals surface area contributed by atoms with E-state index in [1.165, 1.54) is 5.56 Å². The average Bonchev–Trinajstić information content (AvgIpc) is 3.41. The number of rotatable bonds is 7. The highest BCUT2D eigenvalue weighted by atomic mass is 16.2. The number of carbonyl (C=O) groups excluding carboxylic acids is 3. The van der Waals surface area contributed by atoms with Gasteiger partial charge >= 0.3 is 0 Å². The minimum absolute atomic E-state index is 0.0954. The van der Waals surface area contributed by atoms with E-state index in [0.717, 1.165) is 49.2 Å². The Morgan fingerprint density at radius 1 is 1.00 bits per heavy atom. The molecule has 0 aromatic heterocycles. The molecule has 2 aromatic carbocycles. The smallest absolute Gasteiger partial charge is 0.251 e. The molecule has 2 aliphatic rings. The molecule has 2 aliphatic heterocycles. The second kappa shape index (κ2) is 9.33. The summed E-state index contributed by atoms with van der Waals surface area (Å²) in [4.78, 5) is 39.8. The Kier molecular flexibility index (Phi) is 6.35. The van der Waals surface area contributed by atoms with Crippen molar-refractivity contribution in [1.29, 1.82) is 0 Å². The number of hydrogen-bond donors (Lipinski definition) is 1. The maximum atomic E-state index is 12.4. The van der Waals surface area contributed by atoms with Gasteiger partial charge in [0.2, 0.25) is 11.8 Å². The van der Waals surface area contributed by atoms with Crippen molar-refractivity contribution in [1.82, 2.24) is 10.2 Å². The lowest BCUT2D eigenvalue weighted by Crippen LogP contribution is -2.30. The Balaban J connectivity index is 1.33. The normalized spacial score (nSPS) is 15.3. The van der Waals surface area contributed by atoms with E-state index < -0.39 is 0 Å². The summed E-state index contributed by atoms with van der Waals surface area (Å²) in [6, 6.07) is 13.8. The van der Waals surface area contributed by atoms with Crippen LogP contribution in [0.15, 0.2) is 42.5 Å². The molecule has 0 radical (unpaired) electrons.